The van der Waals surface area contributed by atoms with Gasteiger partial charge in [0.15, 0.2) is 0 Å². The lowest BCUT2D eigenvalue weighted by Gasteiger charge is -2.44. The van der Waals surface area contributed by atoms with Crippen LogP contribution in [0.5, 0.6) is 0 Å². The number of nitrogens with zero attached hydrogens (tertiary/aromatic N) is 3. The lowest BCUT2D eigenvalue weighted by Crippen LogP contribution is -2.54. The van der Waals surface area contributed by atoms with Gasteiger partial charge in [-0.05, 0) is 37.0 Å². The van der Waals surface area contributed by atoms with Gasteiger partial charge < -0.3 is 19.7 Å². The topological polar surface area (TPSA) is 68.6 Å². The van der Waals surface area contributed by atoms with Crippen molar-refractivity contribution < 1.29 is 14.3 Å². The fourth-order valence-corrected chi connectivity index (χ4v) is 5.77. The van der Waals surface area contributed by atoms with Gasteiger partial charge in [-0.1, -0.05) is 18.2 Å². The van der Waals surface area contributed by atoms with Crippen molar-refractivity contribution in [3.8, 4) is 5.69 Å². The van der Waals surface area contributed by atoms with Gasteiger partial charge in [0, 0.05) is 38.3 Å². The number of hydrogen-bond acceptors (Lipinski definition) is 5. The molecule has 4 aliphatic heterocycles. The van der Waals surface area contributed by atoms with Crippen LogP contribution < -0.4 is 5.32 Å². The number of carbonyl (C=O) groups excluding carboxylic acids is 1. The van der Waals surface area contributed by atoms with Crippen LogP contribution in [-0.2, 0) is 26.3 Å². The van der Waals surface area contributed by atoms with Crippen molar-refractivity contribution in [2.45, 2.75) is 24.9 Å². The first kappa shape index (κ1) is 18.5. The standard InChI is InChI=1S/C23H28N4O3/c28-21(22-15-24-12-18(22)14-29-16-22)26-9-7-23(8-10-26)20-17(6-11-30-23)13-27(25-20)19-4-2-1-3-5-19/h1-5,13,18,24H,6-12,14-16H2/t18-,22-/m0/s1. The molecule has 7 nitrogen and oxygen atoms in total. The summed E-state index contributed by atoms with van der Waals surface area (Å²) < 4.78 is 14.0. The normalized spacial score (nSPS) is 29.7. The Labute approximate surface area is 176 Å². The number of nitrogens with one attached hydrogen (secondary N) is 1. The van der Waals surface area contributed by atoms with Crippen molar-refractivity contribution in [2.24, 2.45) is 11.3 Å². The smallest absolute Gasteiger partial charge is 0.232 e. The summed E-state index contributed by atoms with van der Waals surface area (Å²) in [4.78, 5) is 15.5. The predicted octanol–water partition coefficient (Wildman–Crippen LogP) is 1.50. The summed E-state index contributed by atoms with van der Waals surface area (Å²) in [5.41, 5.74) is 2.66. The predicted molar refractivity (Wildman–Crippen MR) is 110 cm³/mol. The summed E-state index contributed by atoms with van der Waals surface area (Å²) in [6.45, 7) is 5.00. The van der Waals surface area contributed by atoms with Crippen molar-refractivity contribution in [2.75, 3.05) is 46.0 Å². The molecule has 2 atom stereocenters. The molecule has 30 heavy (non-hydrogen) atoms. The Bertz CT molecular complexity index is 939. The molecule has 7 heteroatoms. The van der Waals surface area contributed by atoms with Gasteiger partial charge in [-0.15, -0.1) is 0 Å². The number of rotatable bonds is 2. The maximum atomic E-state index is 13.5. The van der Waals surface area contributed by atoms with Gasteiger partial charge in [0.05, 0.1) is 36.6 Å². The average Bonchev–Trinajstić information content (AvgIpc) is 3.49. The lowest BCUT2D eigenvalue weighted by atomic mass is 9.78. The van der Waals surface area contributed by atoms with Gasteiger partial charge in [-0.25, -0.2) is 4.68 Å². The fraction of sp³-hybridized carbons (Fsp3) is 0.565. The third-order valence-corrected chi connectivity index (χ3v) is 7.57. The highest BCUT2D eigenvalue weighted by Gasteiger charge is 2.55. The van der Waals surface area contributed by atoms with Gasteiger partial charge in [-0.3, -0.25) is 4.79 Å². The largest absolute Gasteiger partial charge is 0.380 e. The Balaban J connectivity index is 1.23. The number of amides is 1. The number of hydrogen-bond donors (Lipinski definition) is 1. The first-order valence-electron chi connectivity index (χ1n) is 11.1. The van der Waals surface area contributed by atoms with Crippen LogP contribution in [0.4, 0.5) is 0 Å². The van der Waals surface area contributed by atoms with E-state index < -0.39 is 0 Å². The van der Waals surface area contributed by atoms with Crippen molar-refractivity contribution >= 4 is 5.91 Å². The van der Waals surface area contributed by atoms with Crippen LogP contribution in [0.15, 0.2) is 36.5 Å². The molecule has 0 bridgehead atoms. The number of piperidine rings is 1. The number of likely N-dealkylation sites (tertiary alicyclic amines) is 1. The van der Waals surface area contributed by atoms with E-state index in [-0.39, 0.29) is 16.9 Å². The second-order valence-corrected chi connectivity index (χ2v) is 9.17. The first-order chi connectivity index (χ1) is 14.7. The number of para-hydroxylation sites is 1. The van der Waals surface area contributed by atoms with Crippen LogP contribution >= 0.6 is 0 Å². The number of fused-ring (bicyclic) bond motifs is 3. The molecule has 0 unspecified atom stereocenters. The quantitative estimate of drug-likeness (QED) is 0.816. The molecule has 1 spiro atoms. The van der Waals surface area contributed by atoms with E-state index in [0.717, 1.165) is 43.7 Å². The van der Waals surface area contributed by atoms with Crippen LogP contribution in [0.3, 0.4) is 0 Å². The Morgan fingerprint density at radius 2 is 2.03 bits per heavy atom. The molecule has 1 aromatic carbocycles. The minimum Gasteiger partial charge on any atom is -0.380 e. The third kappa shape index (κ3) is 2.69. The van der Waals surface area contributed by atoms with Crippen molar-refractivity contribution in [3.63, 3.8) is 0 Å². The van der Waals surface area contributed by atoms with Gasteiger partial charge in [0.25, 0.3) is 0 Å². The Morgan fingerprint density at radius 1 is 1.20 bits per heavy atom. The third-order valence-electron chi connectivity index (χ3n) is 7.57. The van der Waals surface area contributed by atoms with E-state index in [4.69, 9.17) is 14.6 Å². The molecule has 3 fully saturated rings. The maximum Gasteiger partial charge on any atom is 0.232 e. The van der Waals surface area contributed by atoms with Crippen LogP contribution in [0.2, 0.25) is 0 Å². The van der Waals surface area contributed by atoms with Crippen molar-refractivity contribution in [1.29, 1.82) is 0 Å². The van der Waals surface area contributed by atoms with E-state index in [2.05, 4.69) is 23.6 Å². The van der Waals surface area contributed by atoms with E-state index in [0.29, 0.717) is 38.8 Å². The second-order valence-electron chi connectivity index (χ2n) is 9.17. The van der Waals surface area contributed by atoms with Crippen molar-refractivity contribution in [3.05, 3.63) is 47.8 Å². The molecule has 2 aromatic rings. The maximum absolute atomic E-state index is 13.5. The van der Waals surface area contributed by atoms with Crippen molar-refractivity contribution in [1.82, 2.24) is 20.0 Å². The van der Waals surface area contributed by atoms with Gasteiger partial charge >= 0.3 is 0 Å². The first-order valence-corrected chi connectivity index (χ1v) is 11.1. The molecule has 0 saturated carbocycles. The zero-order valence-corrected chi connectivity index (χ0v) is 17.2. The molecule has 1 amide bonds. The molecule has 1 N–H and O–H groups in total. The lowest BCUT2D eigenvalue weighted by molar-refractivity contribution is -0.151. The van der Waals surface area contributed by atoms with E-state index >= 15 is 0 Å². The van der Waals surface area contributed by atoms with E-state index in [9.17, 15) is 4.79 Å². The summed E-state index contributed by atoms with van der Waals surface area (Å²) in [5, 5.41) is 8.36. The van der Waals surface area contributed by atoms with E-state index in [1.807, 2.05) is 27.8 Å². The SMILES string of the molecule is O=C(N1CCC2(CC1)OCCc1cn(-c3ccccc3)nc12)[C@]12CNC[C@H]1COC2. The summed E-state index contributed by atoms with van der Waals surface area (Å²) in [5.74, 6) is 0.565. The summed E-state index contributed by atoms with van der Waals surface area (Å²) in [7, 11) is 0. The van der Waals surface area contributed by atoms with Gasteiger partial charge in [0.1, 0.15) is 5.60 Å². The average molecular weight is 409 g/mol. The molecule has 3 saturated heterocycles. The van der Waals surface area contributed by atoms with E-state index in [1.165, 1.54) is 5.56 Å². The monoisotopic (exact) mass is 408 g/mol. The van der Waals surface area contributed by atoms with Crippen LogP contribution in [0, 0.1) is 11.3 Å². The van der Waals surface area contributed by atoms with Crippen LogP contribution in [-0.4, -0.2) is 66.6 Å². The Hall–Kier alpha value is -2.22. The molecule has 0 radical (unpaired) electrons. The Kier molecular flexibility index (Phi) is 4.27. The van der Waals surface area contributed by atoms with Crippen LogP contribution in [0.25, 0.3) is 5.69 Å². The molecular formula is C23H28N4O3. The van der Waals surface area contributed by atoms with E-state index in [1.54, 1.807) is 0 Å². The minimum atomic E-state index is -0.373. The number of carbonyl (C=O) groups is 1. The van der Waals surface area contributed by atoms with Crippen LogP contribution in [0.1, 0.15) is 24.1 Å². The highest BCUT2D eigenvalue weighted by atomic mass is 16.5. The van der Waals surface area contributed by atoms with Gasteiger partial charge in [0.2, 0.25) is 5.91 Å². The molecule has 0 aliphatic carbocycles. The highest BCUT2D eigenvalue weighted by Crippen LogP contribution is 2.44. The van der Waals surface area contributed by atoms with Gasteiger partial charge in [-0.2, -0.15) is 5.10 Å². The molecule has 1 aromatic heterocycles. The number of benzene rings is 1. The molecule has 5 heterocycles. The molecule has 4 aliphatic rings. The highest BCUT2D eigenvalue weighted by molar-refractivity contribution is 5.84. The second kappa shape index (κ2) is 6.90. The Morgan fingerprint density at radius 3 is 2.87 bits per heavy atom. The fourth-order valence-electron chi connectivity index (χ4n) is 5.77. The number of ether oxygens (including phenoxy) is 2. The molecular weight excluding hydrogens is 380 g/mol. The summed E-state index contributed by atoms with van der Waals surface area (Å²) in [6.07, 6.45) is 4.63. The zero-order valence-electron chi connectivity index (χ0n) is 17.2. The summed E-state index contributed by atoms with van der Waals surface area (Å²) in [6, 6.07) is 10.2. The zero-order chi connectivity index (χ0) is 20.2. The number of aromatic nitrogens is 2. The molecule has 158 valence electrons. The minimum absolute atomic E-state index is 0.260. The molecule has 6 rings (SSSR count). The summed E-state index contributed by atoms with van der Waals surface area (Å²) >= 11 is 0.